The summed E-state index contributed by atoms with van der Waals surface area (Å²) in [5, 5.41) is 14.7. The Morgan fingerprint density at radius 3 is 2.67 bits per heavy atom. The first-order valence-electron chi connectivity index (χ1n) is 7.89. The van der Waals surface area contributed by atoms with Crippen LogP contribution in [0, 0.1) is 23.0 Å². The smallest absolute Gasteiger partial charge is 0.274 e. The summed E-state index contributed by atoms with van der Waals surface area (Å²) < 4.78 is 0. The van der Waals surface area contributed by atoms with Gasteiger partial charge in [-0.1, -0.05) is 6.07 Å². The average Bonchev–Trinajstić information content (AvgIpc) is 3.02. The molecule has 0 bridgehead atoms. The normalized spacial score (nSPS) is 23.5. The van der Waals surface area contributed by atoms with Crippen LogP contribution >= 0.6 is 0 Å². The van der Waals surface area contributed by atoms with E-state index in [1.807, 2.05) is 13.0 Å². The zero-order chi connectivity index (χ0) is 14.8. The zero-order valence-corrected chi connectivity index (χ0v) is 12.5. The number of nitro benzene ring substituents is 1. The first-order chi connectivity index (χ1) is 10.2. The molecule has 2 heterocycles. The Bertz CT molecular complexity index is 518. The van der Waals surface area contributed by atoms with Crippen molar-refractivity contribution >= 4 is 11.4 Å². The van der Waals surface area contributed by atoms with Gasteiger partial charge in [0.15, 0.2) is 0 Å². The standard InChI is InChI=1S/C16H23N3O2/c1-12-15(5-2-6-16(12)19(20)21)18-10-7-13(8-11-18)14-4-3-9-17-14/h2,5-6,13-14,17H,3-4,7-11H2,1H3. The van der Waals surface area contributed by atoms with Gasteiger partial charge in [0.2, 0.25) is 0 Å². The molecule has 0 aliphatic carbocycles. The van der Waals surface area contributed by atoms with Crippen LogP contribution in [0.5, 0.6) is 0 Å². The van der Waals surface area contributed by atoms with Crippen molar-refractivity contribution in [2.75, 3.05) is 24.5 Å². The van der Waals surface area contributed by atoms with E-state index in [0.29, 0.717) is 6.04 Å². The molecule has 1 N–H and O–H groups in total. The van der Waals surface area contributed by atoms with Crippen LogP contribution in [-0.2, 0) is 0 Å². The molecule has 3 rings (SSSR count). The lowest BCUT2D eigenvalue weighted by atomic mass is 9.88. The summed E-state index contributed by atoms with van der Waals surface area (Å²) in [5.74, 6) is 0.766. The van der Waals surface area contributed by atoms with Gasteiger partial charge in [0.1, 0.15) is 0 Å². The molecule has 1 aromatic rings. The lowest BCUT2D eigenvalue weighted by molar-refractivity contribution is -0.385. The van der Waals surface area contributed by atoms with Crippen LogP contribution < -0.4 is 10.2 Å². The van der Waals surface area contributed by atoms with E-state index in [2.05, 4.69) is 10.2 Å². The Morgan fingerprint density at radius 2 is 2.05 bits per heavy atom. The SMILES string of the molecule is Cc1c(N2CCC(C3CCCN3)CC2)cccc1[N+](=O)[O-]. The van der Waals surface area contributed by atoms with Gasteiger partial charge in [0, 0.05) is 30.9 Å². The molecule has 0 spiro atoms. The Morgan fingerprint density at radius 1 is 1.29 bits per heavy atom. The Labute approximate surface area is 125 Å². The van der Waals surface area contributed by atoms with Gasteiger partial charge >= 0.3 is 0 Å². The molecule has 2 saturated heterocycles. The minimum atomic E-state index is -0.284. The van der Waals surface area contributed by atoms with E-state index in [1.165, 1.54) is 25.7 Å². The van der Waals surface area contributed by atoms with Crippen LogP contribution in [0.25, 0.3) is 0 Å². The maximum absolute atomic E-state index is 11.1. The third-order valence-corrected chi connectivity index (χ3v) is 5.02. The van der Waals surface area contributed by atoms with Gasteiger partial charge in [0.05, 0.1) is 10.5 Å². The number of rotatable bonds is 3. The number of piperidine rings is 1. The van der Waals surface area contributed by atoms with Crippen LogP contribution in [0.15, 0.2) is 18.2 Å². The van der Waals surface area contributed by atoms with Crippen molar-refractivity contribution in [1.29, 1.82) is 0 Å². The second-order valence-corrected chi connectivity index (χ2v) is 6.21. The summed E-state index contributed by atoms with van der Waals surface area (Å²) in [6.45, 7) is 5.03. The highest BCUT2D eigenvalue weighted by Crippen LogP contribution is 2.33. The van der Waals surface area contributed by atoms with Crippen molar-refractivity contribution in [2.45, 2.75) is 38.6 Å². The third-order valence-electron chi connectivity index (χ3n) is 5.02. The quantitative estimate of drug-likeness (QED) is 0.686. The number of benzene rings is 1. The molecular formula is C16H23N3O2. The van der Waals surface area contributed by atoms with Crippen LogP contribution in [0.3, 0.4) is 0 Å². The number of nitrogens with zero attached hydrogens (tertiary/aromatic N) is 2. The summed E-state index contributed by atoms with van der Waals surface area (Å²) in [4.78, 5) is 13.1. The summed E-state index contributed by atoms with van der Waals surface area (Å²) in [5.41, 5.74) is 2.05. The molecule has 2 aliphatic rings. The minimum Gasteiger partial charge on any atom is -0.371 e. The second-order valence-electron chi connectivity index (χ2n) is 6.21. The Kier molecular flexibility index (Phi) is 4.10. The van der Waals surface area contributed by atoms with Crippen molar-refractivity contribution in [3.05, 3.63) is 33.9 Å². The Balaban J connectivity index is 1.69. The maximum Gasteiger partial charge on any atom is 0.274 e. The van der Waals surface area contributed by atoms with E-state index in [9.17, 15) is 10.1 Å². The molecule has 0 saturated carbocycles. The van der Waals surface area contributed by atoms with Gasteiger partial charge in [-0.15, -0.1) is 0 Å². The average molecular weight is 289 g/mol. The van der Waals surface area contributed by atoms with E-state index in [-0.39, 0.29) is 10.6 Å². The lowest BCUT2D eigenvalue weighted by Crippen LogP contribution is -2.41. The molecule has 0 aromatic heterocycles. The number of nitrogens with one attached hydrogen (secondary N) is 1. The number of nitro groups is 1. The molecule has 1 aromatic carbocycles. The van der Waals surface area contributed by atoms with Crippen molar-refractivity contribution in [3.8, 4) is 0 Å². The molecule has 2 fully saturated rings. The highest BCUT2D eigenvalue weighted by atomic mass is 16.6. The predicted octanol–water partition coefficient (Wildman–Crippen LogP) is 2.87. The fourth-order valence-corrected chi connectivity index (χ4v) is 3.81. The largest absolute Gasteiger partial charge is 0.371 e. The fraction of sp³-hybridized carbons (Fsp3) is 0.625. The number of hydrogen-bond donors (Lipinski definition) is 1. The molecule has 5 nitrogen and oxygen atoms in total. The van der Waals surface area contributed by atoms with E-state index in [1.54, 1.807) is 12.1 Å². The van der Waals surface area contributed by atoms with E-state index in [4.69, 9.17) is 0 Å². The summed E-state index contributed by atoms with van der Waals surface area (Å²) in [6, 6.07) is 6.09. The molecular weight excluding hydrogens is 266 g/mol. The minimum absolute atomic E-state index is 0.229. The highest BCUT2D eigenvalue weighted by molar-refractivity contribution is 5.61. The number of hydrogen-bond acceptors (Lipinski definition) is 4. The van der Waals surface area contributed by atoms with Crippen LogP contribution in [0.2, 0.25) is 0 Å². The van der Waals surface area contributed by atoms with Gasteiger partial charge in [-0.2, -0.15) is 0 Å². The van der Waals surface area contributed by atoms with Crippen LogP contribution in [0.1, 0.15) is 31.2 Å². The van der Waals surface area contributed by atoms with Crippen molar-refractivity contribution in [1.82, 2.24) is 5.32 Å². The van der Waals surface area contributed by atoms with Gasteiger partial charge < -0.3 is 10.2 Å². The van der Waals surface area contributed by atoms with E-state index in [0.717, 1.165) is 36.8 Å². The van der Waals surface area contributed by atoms with Crippen molar-refractivity contribution in [2.24, 2.45) is 5.92 Å². The first-order valence-corrected chi connectivity index (χ1v) is 7.89. The van der Waals surface area contributed by atoms with E-state index >= 15 is 0 Å². The maximum atomic E-state index is 11.1. The van der Waals surface area contributed by atoms with Gasteiger partial charge in [-0.05, 0) is 51.1 Å². The zero-order valence-electron chi connectivity index (χ0n) is 12.5. The molecule has 5 heteroatoms. The lowest BCUT2D eigenvalue weighted by Gasteiger charge is -2.36. The van der Waals surface area contributed by atoms with Crippen LogP contribution in [-0.4, -0.2) is 30.6 Å². The summed E-state index contributed by atoms with van der Waals surface area (Å²) in [7, 11) is 0. The monoisotopic (exact) mass is 289 g/mol. The van der Waals surface area contributed by atoms with Crippen molar-refractivity contribution < 1.29 is 4.92 Å². The van der Waals surface area contributed by atoms with Crippen LogP contribution in [0.4, 0.5) is 11.4 Å². The third kappa shape index (κ3) is 2.88. The van der Waals surface area contributed by atoms with Gasteiger partial charge in [0.25, 0.3) is 5.69 Å². The first kappa shape index (κ1) is 14.3. The second kappa shape index (κ2) is 6.02. The molecule has 2 aliphatic heterocycles. The molecule has 0 amide bonds. The predicted molar refractivity (Wildman–Crippen MR) is 83.8 cm³/mol. The topological polar surface area (TPSA) is 58.4 Å². The molecule has 21 heavy (non-hydrogen) atoms. The number of anilines is 1. The molecule has 1 unspecified atom stereocenters. The summed E-state index contributed by atoms with van der Waals surface area (Å²) in [6.07, 6.45) is 4.97. The highest BCUT2D eigenvalue weighted by Gasteiger charge is 2.29. The van der Waals surface area contributed by atoms with Crippen molar-refractivity contribution in [3.63, 3.8) is 0 Å². The Hall–Kier alpha value is -1.62. The molecule has 114 valence electrons. The molecule has 0 radical (unpaired) electrons. The van der Waals surface area contributed by atoms with Gasteiger partial charge in [-0.25, -0.2) is 0 Å². The van der Waals surface area contributed by atoms with Gasteiger partial charge in [-0.3, -0.25) is 10.1 Å². The molecule has 1 atom stereocenters. The fourth-order valence-electron chi connectivity index (χ4n) is 3.81. The summed E-state index contributed by atoms with van der Waals surface area (Å²) >= 11 is 0. The van der Waals surface area contributed by atoms with E-state index < -0.39 is 0 Å².